The summed E-state index contributed by atoms with van der Waals surface area (Å²) in [6.07, 6.45) is 2.03. The van der Waals surface area contributed by atoms with Crippen LogP contribution >= 0.6 is 0 Å². The van der Waals surface area contributed by atoms with Crippen LogP contribution in [-0.2, 0) is 4.79 Å². The molecule has 3 aromatic rings. The summed E-state index contributed by atoms with van der Waals surface area (Å²) in [5, 5.41) is 6.98. The number of hydrogen-bond donors (Lipinski definition) is 1. The Bertz CT molecular complexity index is 928. The fourth-order valence-electron chi connectivity index (χ4n) is 3.53. The average Bonchev–Trinajstić information content (AvgIpc) is 3.15. The van der Waals surface area contributed by atoms with Crippen LogP contribution in [0.5, 0.6) is 5.75 Å². The van der Waals surface area contributed by atoms with Gasteiger partial charge in [-0.15, -0.1) is 0 Å². The number of hydrogen-bond acceptors (Lipinski definition) is 4. The number of rotatable bonds is 6. The van der Waals surface area contributed by atoms with Crippen molar-refractivity contribution < 1.29 is 14.1 Å². The first-order valence-corrected chi connectivity index (χ1v) is 9.64. The Kier molecular flexibility index (Phi) is 5.15. The summed E-state index contributed by atoms with van der Waals surface area (Å²) in [5.41, 5.74) is 3.32. The number of amides is 1. The highest BCUT2D eigenvalue weighted by atomic mass is 16.5. The molecule has 28 heavy (non-hydrogen) atoms. The molecule has 2 aromatic carbocycles. The Morgan fingerprint density at radius 2 is 1.79 bits per heavy atom. The van der Waals surface area contributed by atoms with Crippen molar-refractivity contribution in [2.45, 2.75) is 44.8 Å². The van der Waals surface area contributed by atoms with E-state index in [4.69, 9.17) is 9.26 Å². The molecule has 1 heterocycles. The van der Waals surface area contributed by atoms with E-state index in [1.165, 1.54) is 18.1 Å². The smallest absolute Gasteiger partial charge is 0.217 e. The zero-order valence-corrected chi connectivity index (χ0v) is 16.1. The van der Waals surface area contributed by atoms with Crippen LogP contribution in [0.1, 0.15) is 50.1 Å². The lowest BCUT2D eigenvalue weighted by molar-refractivity contribution is -0.119. The Hall–Kier alpha value is -3.08. The van der Waals surface area contributed by atoms with Gasteiger partial charge in [0.2, 0.25) is 5.91 Å². The van der Waals surface area contributed by atoms with Crippen LogP contribution in [0.15, 0.2) is 65.2 Å². The van der Waals surface area contributed by atoms with Crippen LogP contribution in [0, 0.1) is 0 Å². The van der Waals surface area contributed by atoms with Crippen LogP contribution in [0.2, 0.25) is 0 Å². The van der Waals surface area contributed by atoms with E-state index in [1.807, 2.05) is 43.3 Å². The van der Waals surface area contributed by atoms with E-state index in [1.54, 1.807) is 0 Å². The van der Waals surface area contributed by atoms with Crippen molar-refractivity contribution >= 4 is 5.91 Å². The first-order valence-electron chi connectivity index (χ1n) is 9.64. The third kappa shape index (κ3) is 4.09. The van der Waals surface area contributed by atoms with Gasteiger partial charge in [-0.25, -0.2) is 0 Å². The van der Waals surface area contributed by atoms with Gasteiger partial charge < -0.3 is 14.6 Å². The predicted octanol–water partition coefficient (Wildman–Crippen LogP) is 4.86. The zero-order valence-electron chi connectivity index (χ0n) is 16.1. The van der Waals surface area contributed by atoms with Crippen molar-refractivity contribution in [1.82, 2.24) is 10.5 Å². The van der Waals surface area contributed by atoms with Crippen LogP contribution in [-0.4, -0.2) is 17.2 Å². The third-order valence-electron chi connectivity index (χ3n) is 5.17. The topological polar surface area (TPSA) is 64.4 Å². The van der Waals surface area contributed by atoms with Gasteiger partial charge >= 0.3 is 0 Å². The second-order valence-electron chi connectivity index (χ2n) is 7.37. The van der Waals surface area contributed by atoms with E-state index in [9.17, 15) is 4.79 Å². The highest BCUT2D eigenvalue weighted by molar-refractivity contribution is 5.73. The molecule has 5 nitrogen and oxygen atoms in total. The van der Waals surface area contributed by atoms with Gasteiger partial charge in [-0.1, -0.05) is 47.6 Å². The summed E-state index contributed by atoms with van der Waals surface area (Å²) in [6.45, 7) is 3.38. The summed E-state index contributed by atoms with van der Waals surface area (Å²) in [6, 6.07) is 20.3. The zero-order chi connectivity index (χ0) is 19.5. The molecule has 1 N–H and O–H groups in total. The van der Waals surface area contributed by atoms with Gasteiger partial charge in [0.25, 0.3) is 0 Å². The molecule has 5 heteroatoms. The average molecular weight is 376 g/mol. The summed E-state index contributed by atoms with van der Waals surface area (Å²) in [4.78, 5) is 11.2. The minimum absolute atomic E-state index is 0.0826. The van der Waals surface area contributed by atoms with Crippen LogP contribution in [0.25, 0.3) is 11.1 Å². The van der Waals surface area contributed by atoms with Crippen molar-refractivity contribution in [2.75, 3.05) is 0 Å². The second-order valence-corrected chi connectivity index (χ2v) is 7.37. The molecule has 1 aromatic heterocycles. The molecule has 1 saturated carbocycles. The van der Waals surface area contributed by atoms with Crippen molar-refractivity contribution in [2.24, 2.45) is 0 Å². The predicted molar refractivity (Wildman–Crippen MR) is 107 cm³/mol. The number of aromatic nitrogens is 1. The molecular weight excluding hydrogens is 352 g/mol. The molecule has 1 amide bonds. The molecule has 4 rings (SSSR count). The third-order valence-corrected chi connectivity index (χ3v) is 5.17. The molecule has 1 aliphatic carbocycles. The Morgan fingerprint density at radius 1 is 1.11 bits per heavy atom. The van der Waals surface area contributed by atoms with Crippen molar-refractivity contribution in [3.8, 4) is 16.9 Å². The van der Waals surface area contributed by atoms with Crippen molar-refractivity contribution in [3.05, 3.63) is 72.1 Å². The molecule has 0 bridgehead atoms. The molecule has 0 radical (unpaired) electrons. The van der Waals surface area contributed by atoms with E-state index < -0.39 is 0 Å². The Morgan fingerprint density at radius 3 is 2.46 bits per heavy atom. The monoisotopic (exact) mass is 376 g/mol. The minimum atomic E-state index is -0.172. The maximum absolute atomic E-state index is 11.2. The number of carbonyl (C=O) groups excluding carboxylic acids is 1. The lowest BCUT2D eigenvalue weighted by Gasteiger charge is -2.34. The summed E-state index contributed by atoms with van der Waals surface area (Å²) >= 11 is 0. The molecule has 1 fully saturated rings. The normalized spacial score (nSPS) is 19.5. The minimum Gasteiger partial charge on any atom is -0.490 e. The van der Waals surface area contributed by atoms with Gasteiger partial charge in [0, 0.05) is 18.9 Å². The van der Waals surface area contributed by atoms with Gasteiger partial charge in [-0.2, -0.15) is 0 Å². The van der Waals surface area contributed by atoms with Gasteiger partial charge in [-0.3, -0.25) is 4.79 Å². The quantitative estimate of drug-likeness (QED) is 0.667. The molecular formula is C23H24N2O3. The number of ether oxygens (including phenoxy) is 1. The highest BCUT2D eigenvalue weighted by Gasteiger charge is 2.34. The summed E-state index contributed by atoms with van der Waals surface area (Å²) < 4.78 is 11.5. The molecule has 0 spiro atoms. The number of nitrogens with zero attached hydrogens (tertiary/aromatic N) is 1. The first kappa shape index (κ1) is 18.3. The van der Waals surface area contributed by atoms with E-state index >= 15 is 0 Å². The second kappa shape index (κ2) is 7.89. The lowest BCUT2D eigenvalue weighted by atomic mass is 9.80. The number of benzene rings is 2. The molecule has 0 saturated heterocycles. The fourth-order valence-corrected chi connectivity index (χ4v) is 3.53. The van der Waals surface area contributed by atoms with E-state index in [0.717, 1.165) is 24.3 Å². The lowest BCUT2D eigenvalue weighted by Crippen LogP contribution is -2.32. The Balaban J connectivity index is 1.30. The first-order chi connectivity index (χ1) is 13.6. The van der Waals surface area contributed by atoms with Crippen molar-refractivity contribution in [3.63, 3.8) is 0 Å². The van der Waals surface area contributed by atoms with E-state index in [2.05, 4.69) is 34.7 Å². The van der Waals surface area contributed by atoms with Gasteiger partial charge in [0.1, 0.15) is 5.75 Å². The van der Waals surface area contributed by atoms with E-state index in [-0.39, 0.29) is 18.1 Å². The van der Waals surface area contributed by atoms with Gasteiger partial charge in [0.15, 0.2) is 5.76 Å². The standard InChI is InChI=1S/C23H24N2O3/c1-15(24-16(2)26)23-14-22(25-28-23)19-12-21(13-19)27-20-10-8-18(9-11-20)17-6-4-3-5-7-17/h3-11,14-15,19,21H,12-13H2,1-2H3,(H,24,26)/t15-,19?,21?/m0/s1. The molecule has 144 valence electrons. The summed E-state index contributed by atoms with van der Waals surface area (Å²) in [5.74, 6) is 1.84. The summed E-state index contributed by atoms with van der Waals surface area (Å²) in [7, 11) is 0. The maximum Gasteiger partial charge on any atom is 0.217 e. The largest absolute Gasteiger partial charge is 0.490 e. The molecule has 0 aliphatic heterocycles. The van der Waals surface area contributed by atoms with Crippen LogP contribution < -0.4 is 10.1 Å². The maximum atomic E-state index is 11.2. The van der Waals surface area contributed by atoms with E-state index in [0.29, 0.717) is 11.7 Å². The number of carbonyl (C=O) groups is 1. The molecule has 1 atom stereocenters. The van der Waals surface area contributed by atoms with Crippen LogP contribution in [0.4, 0.5) is 0 Å². The van der Waals surface area contributed by atoms with Gasteiger partial charge in [0.05, 0.1) is 17.8 Å². The van der Waals surface area contributed by atoms with Gasteiger partial charge in [-0.05, 0) is 43.0 Å². The highest BCUT2D eigenvalue weighted by Crippen LogP contribution is 2.39. The SMILES string of the molecule is CC(=O)N[C@@H](C)c1cc(C2CC(Oc3ccc(-c4ccccc4)cc3)C2)no1. The van der Waals surface area contributed by atoms with Crippen LogP contribution in [0.3, 0.4) is 0 Å². The molecule has 1 aliphatic rings. The Labute approximate surface area is 164 Å². The fraction of sp³-hybridized carbons (Fsp3) is 0.304. The van der Waals surface area contributed by atoms with Crippen molar-refractivity contribution in [1.29, 1.82) is 0 Å². The number of nitrogens with one attached hydrogen (secondary N) is 1. The molecule has 0 unspecified atom stereocenters.